The van der Waals surface area contributed by atoms with Gasteiger partial charge in [0.2, 0.25) is 10.0 Å². The van der Waals surface area contributed by atoms with E-state index >= 15 is 0 Å². The zero-order chi connectivity index (χ0) is 16.9. The summed E-state index contributed by atoms with van der Waals surface area (Å²) in [6, 6.07) is 15.8. The summed E-state index contributed by atoms with van der Waals surface area (Å²) in [6.07, 6.45) is 3.39. The molecule has 1 unspecified atom stereocenters. The molecule has 4 heteroatoms. The van der Waals surface area contributed by atoms with E-state index in [-0.39, 0.29) is 10.8 Å². The number of aryl methyl sites for hydroxylation is 1. The molecule has 0 spiro atoms. The quantitative estimate of drug-likeness (QED) is 0.781. The number of benzene rings is 2. The highest BCUT2D eigenvalue weighted by atomic mass is 32.2. The minimum atomic E-state index is -3.64. The molecule has 23 heavy (non-hydrogen) atoms. The van der Waals surface area contributed by atoms with Gasteiger partial charge in [0.15, 0.2) is 0 Å². The molecule has 0 bridgehead atoms. The fourth-order valence-corrected chi connectivity index (χ4v) is 3.61. The van der Waals surface area contributed by atoms with Gasteiger partial charge in [-0.3, -0.25) is 0 Å². The van der Waals surface area contributed by atoms with Crippen LogP contribution < -0.4 is 4.72 Å². The van der Waals surface area contributed by atoms with Crippen molar-refractivity contribution in [1.82, 2.24) is 4.72 Å². The first-order valence-corrected chi connectivity index (χ1v) is 8.85. The molecule has 0 amide bonds. The molecule has 2 rings (SSSR count). The smallest absolute Gasteiger partial charge is 0.207 e. The fraction of sp³-hybridized carbons (Fsp3) is 0.158. The van der Waals surface area contributed by atoms with E-state index in [2.05, 4.69) is 17.9 Å². The Kier molecular flexibility index (Phi) is 5.53. The van der Waals surface area contributed by atoms with Crippen molar-refractivity contribution in [1.29, 1.82) is 0 Å². The fourth-order valence-electron chi connectivity index (χ4n) is 2.35. The maximum absolute atomic E-state index is 12.7. The molecule has 0 heterocycles. The van der Waals surface area contributed by atoms with Crippen LogP contribution in [0.4, 0.5) is 0 Å². The first-order valence-electron chi connectivity index (χ1n) is 7.37. The number of hydrogen-bond acceptors (Lipinski definition) is 2. The predicted octanol–water partition coefficient (Wildman–Crippen LogP) is 4.00. The molecular weight excluding hydrogens is 306 g/mol. The molecule has 0 saturated carbocycles. The number of sulfonamides is 1. The van der Waals surface area contributed by atoms with Gasteiger partial charge >= 0.3 is 0 Å². The van der Waals surface area contributed by atoms with E-state index in [0.29, 0.717) is 0 Å². The molecule has 3 nitrogen and oxygen atoms in total. The van der Waals surface area contributed by atoms with Gasteiger partial charge in [0, 0.05) is 5.92 Å². The topological polar surface area (TPSA) is 46.2 Å². The Bertz CT molecular complexity index is 757. The molecule has 120 valence electrons. The van der Waals surface area contributed by atoms with Crippen LogP contribution in [0.2, 0.25) is 0 Å². The molecule has 1 N–H and O–H groups in total. The first-order chi connectivity index (χ1) is 11.0. The van der Waals surface area contributed by atoms with Crippen molar-refractivity contribution in [2.24, 2.45) is 5.92 Å². The van der Waals surface area contributed by atoms with E-state index in [0.717, 1.165) is 11.1 Å². The zero-order valence-electron chi connectivity index (χ0n) is 13.1. The van der Waals surface area contributed by atoms with Gasteiger partial charge in [-0.2, -0.15) is 0 Å². The molecule has 0 aliphatic heterocycles. The highest BCUT2D eigenvalue weighted by Gasteiger charge is 2.25. The van der Waals surface area contributed by atoms with Crippen molar-refractivity contribution in [3.8, 4) is 0 Å². The van der Waals surface area contributed by atoms with Crippen LogP contribution in [0.3, 0.4) is 0 Å². The standard InChI is InChI=1S/C19H21NO2S/c1-4-16(5-2)19(17-9-7-6-8-10-17)20-23(21,22)18-13-11-15(3)12-14-18/h4-14,16,19-20H,1-2H2,3H3. The predicted molar refractivity (Wildman–Crippen MR) is 94.6 cm³/mol. The van der Waals surface area contributed by atoms with Crippen molar-refractivity contribution in [3.05, 3.63) is 91.0 Å². The van der Waals surface area contributed by atoms with Crippen molar-refractivity contribution in [2.75, 3.05) is 0 Å². The second-order valence-corrected chi connectivity index (χ2v) is 7.09. The second kappa shape index (κ2) is 7.40. The minimum Gasteiger partial charge on any atom is -0.207 e. The maximum atomic E-state index is 12.7. The molecule has 1 atom stereocenters. The average molecular weight is 327 g/mol. The summed E-state index contributed by atoms with van der Waals surface area (Å²) in [6.45, 7) is 9.49. The Labute approximate surface area is 138 Å². The van der Waals surface area contributed by atoms with Crippen LogP contribution in [0.1, 0.15) is 17.2 Å². The van der Waals surface area contributed by atoms with Crippen LogP contribution in [0.25, 0.3) is 0 Å². The van der Waals surface area contributed by atoms with Crippen LogP contribution >= 0.6 is 0 Å². The molecule has 0 aromatic heterocycles. The summed E-state index contributed by atoms with van der Waals surface area (Å²) >= 11 is 0. The zero-order valence-corrected chi connectivity index (χ0v) is 14.0. The summed E-state index contributed by atoms with van der Waals surface area (Å²) in [5, 5.41) is 0. The number of nitrogens with one attached hydrogen (secondary N) is 1. The van der Waals surface area contributed by atoms with Gasteiger partial charge in [0.1, 0.15) is 0 Å². The molecule has 0 saturated heterocycles. The van der Waals surface area contributed by atoms with Crippen LogP contribution in [0, 0.1) is 12.8 Å². The lowest BCUT2D eigenvalue weighted by Crippen LogP contribution is -2.32. The molecule has 0 fully saturated rings. The molecule has 0 aliphatic rings. The van der Waals surface area contributed by atoms with E-state index in [4.69, 9.17) is 0 Å². The highest BCUT2D eigenvalue weighted by molar-refractivity contribution is 7.89. The third-order valence-corrected chi connectivity index (χ3v) is 5.16. The largest absolute Gasteiger partial charge is 0.241 e. The monoisotopic (exact) mass is 327 g/mol. The van der Waals surface area contributed by atoms with Gasteiger partial charge in [0.05, 0.1) is 10.9 Å². The van der Waals surface area contributed by atoms with E-state index in [9.17, 15) is 8.42 Å². The molecule has 2 aromatic rings. The SMILES string of the molecule is C=CC(C=C)C(NS(=O)(=O)c1ccc(C)cc1)c1ccccc1. The van der Waals surface area contributed by atoms with Gasteiger partial charge in [0.25, 0.3) is 0 Å². The average Bonchev–Trinajstić information content (AvgIpc) is 2.56. The highest BCUT2D eigenvalue weighted by Crippen LogP contribution is 2.26. The van der Waals surface area contributed by atoms with Crippen molar-refractivity contribution < 1.29 is 8.42 Å². The lowest BCUT2D eigenvalue weighted by molar-refractivity contribution is 0.524. The van der Waals surface area contributed by atoms with Crippen molar-refractivity contribution in [3.63, 3.8) is 0 Å². The lowest BCUT2D eigenvalue weighted by Gasteiger charge is -2.24. The van der Waals surface area contributed by atoms with Gasteiger partial charge in [-0.05, 0) is 24.6 Å². The van der Waals surface area contributed by atoms with Crippen LogP contribution in [-0.2, 0) is 10.0 Å². The van der Waals surface area contributed by atoms with E-state index in [1.54, 1.807) is 36.4 Å². The van der Waals surface area contributed by atoms with Crippen LogP contribution in [0.15, 0.2) is 84.8 Å². The van der Waals surface area contributed by atoms with Crippen molar-refractivity contribution >= 4 is 10.0 Å². The molecule has 2 aromatic carbocycles. The van der Waals surface area contributed by atoms with Crippen LogP contribution in [0.5, 0.6) is 0 Å². The summed E-state index contributed by atoms with van der Waals surface area (Å²) in [5.74, 6) is -0.211. The van der Waals surface area contributed by atoms with Crippen molar-refractivity contribution in [2.45, 2.75) is 17.9 Å². The van der Waals surface area contributed by atoms with E-state index in [1.165, 1.54) is 0 Å². The number of hydrogen-bond donors (Lipinski definition) is 1. The Hall–Kier alpha value is -2.17. The lowest BCUT2D eigenvalue weighted by atomic mass is 9.94. The Balaban J connectivity index is 2.39. The van der Waals surface area contributed by atoms with Gasteiger partial charge in [-0.1, -0.05) is 60.2 Å². The first kappa shape index (κ1) is 17.2. The molecular formula is C19H21NO2S. The second-order valence-electron chi connectivity index (χ2n) is 5.37. The molecule has 0 aliphatic carbocycles. The minimum absolute atomic E-state index is 0.211. The molecule has 0 radical (unpaired) electrons. The Morgan fingerprint density at radius 3 is 2.04 bits per heavy atom. The normalized spacial score (nSPS) is 12.8. The Morgan fingerprint density at radius 2 is 1.52 bits per heavy atom. The van der Waals surface area contributed by atoms with Gasteiger partial charge in [-0.25, -0.2) is 13.1 Å². The third kappa shape index (κ3) is 4.18. The third-order valence-electron chi connectivity index (χ3n) is 3.70. The summed E-state index contributed by atoms with van der Waals surface area (Å²) in [4.78, 5) is 0.246. The number of rotatable bonds is 7. The summed E-state index contributed by atoms with van der Waals surface area (Å²) < 4.78 is 28.1. The van der Waals surface area contributed by atoms with Crippen LogP contribution in [-0.4, -0.2) is 8.42 Å². The maximum Gasteiger partial charge on any atom is 0.241 e. The van der Waals surface area contributed by atoms with Gasteiger partial charge in [-0.15, -0.1) is 13.2 Å². The van der Waals surface area contributed by atoms with E-state index < -0.39 is 16.1 Å². The summed E-state index contributed by atoms with van der Waals surface area (Å²) in [5.41, 5.74) is 1.88. The summed E-state index contributed by atoms with van der Waals surface area (Å²) in [7, 11) is -3.64. The van der Waals surface area contributed by atoms with Gasteiger partial charge < -0.3 is 0 Å². The Morgan fingerprint density at radius 1 is 0.957 bits per heavy atom. The van der Waals surface area contributed by atoms with E-state index in [1.807, 2.05) is 37.3 Å².